The first kappa shape index (κ1) is 18.1. The molecular formula is C17H19N3O5. The number of carbonyl (C=O) groups is 2. The lowest BCUT2D eigenvalue weighted by atomic mass is 10.2. The van der Waals surface area contributed by atoms with Crippen molar-refractivity contribution in [1.82, 2.24) is 5.32 Å². The van der Waals surface area contributed by atoms with Crippen molar-refractivity contribution in [3.63, 3.8) is 0 Å². The Morgan fingerprint density at radius 3 is 2.80 bits per heavy atom. The molecule has 0 aromatic heterocycles. The fraction of sp³-hybridized carbons (Fsp3) is 0.353. The number of nitrogens with zero attached hydrogens (tertiary/aromatic N) is 1. The van der Waals surface area contributed by atoms with Gasteiger partial charge < -0.3 is 25.2 Å². The molecule has 3 N–H and O–H groups in total. The summed E-state index contributed by atoms with van der Waals surface area (Å²) in [7, 11) is 0. The van der Waals surface area contributed by atoms with Crippen LogP contribution in [-0.4, -0.2) is 30.3 Å². The van der Waals surface area contributed by atoms with Crippen LogP contribution in [0, 0.1) is 11.3 Å². The summed E-state index contributed by atoms with van der Waals surface area (Å²) in [6, 6.07) is 7.05. The van der Waals surface area contributed by atoms with Gasteiger partial charge in [0.15, 0.2) is 11.5 Å². The molecule has 0 radical (unpaired) electrons. The standard InChI is InChI=1S/C17H19N3O5/c18-9-12(17(23)19-7-3-1-2-4-16(21)22)10-20-13-5-6-14-15(8-13)25-11-24-14/h5-6,8,10,20H,1-4,7,11H2,(H,19,23)(H,21,22)/b12-10-. The van der Waals surface area contributed by atoms with E-state index in [4.69, 9.17) is 19.8 Å². The van der Waals surface area contributed by atoms with Gasteiger partial charge in [0.05, 0.1) is 0 Å². The minimum Gasteiger partial charge on any atom is -0.481 e. The number of nitriles is 1. The fourth-order valence-corrected chi connectivity index (χ4v) is 2.17. The minimum absolute atomic E-state index is 0.0526. The second kappa shape index (κ2) is 9.17. The topological polar surface area (TPSA) is 121 Å². The summed E-state index contributed by atoms with van der Waals surface area (Å²) in [6.45, 7) is 0.564. The molecule has 1 aromatic rings. The number of carbonyl (C=O) groups excluding carboxylic acids is 1. The summed E-state index contributed by atoms with van der Waals surface area (Å²) in [5, 5.41) is 23.2. The molecule has 132 valence electrons. The molecule has 1 heterocycles. The third-order valence-electron chi connectivity index (χ3n) is 3.47. The van der Waals surface area contributed by atoms with Gasteiger partial charge in [-0.05, 0) is 25.0 Å². The number of hydrogen-bond acceptors (Lipinski definition) is 6. The number of anilines is 1. The predicted octanol–water partition coefficient (Wildman–Crippen LogP) is 2.00. The molecule has 1 aromatic carbocycles. The lowest BCUT2D eigenvalue weighted by Crippen LogP contribution is -2.26. The van der Waals surface area contributed by atoms with Gasteiger partial charge in [-0.2, -0.15) is 5.26 Å². The SMILES string of the molecule is N#C/C(=C/Nc1ccc2c(c1)OCO2)C(=O)NCCCCCC(=O)O. The zero-order valence-electron chi connectivity index (χ0n) is 13.6. The molecule has 0 unspecified atom stereocenters. The van der Waals surface area contributed by atoms with Crippen LogP contribution in [0.2, 0.25) is 0 Å². The number of fused-ring (bicyclic) bond motifs is 1. The van der Waals surface area contributed by atoms with Crippen molar-refractivity contribution >= 4 is 17.6 Å². The number of carboxylic acid groups (broad SMARTS) is 1. The van der Waals surface area contributed by atoms with Crippen LogP contribution in [0.4, 0.5) is 5.69 Å². The van der Waals surface area contributed by atoms with Crippen molar-refractivity contribution in [3.8, 4) is 17.6 Å². The van der Waals surface area contributed by atoms with Crippen molar-refractivity contribution in [3.05, 3.63) is 30.0 Å². The molecule has 1 amide bonds. The van der Waals surface area contributed by atoms with E-state index in [2.05, 4.69) is 10.6 Å². The Kier molecular flexibility index (Phi) is 6.65. The first-order chi connectivity index (χ1) is 12.1. The van der Waals surface area contributed by atoms with Crippen LogP contribution in [0.5, 0.6) is 11.5 Å². The van der Waals surface area contributed by atoms with Crippen LogP contribution >= 0.6 is 0 Å². The summed E-state index contributed by atoms with van der Waals surface area (Å²) >= 11 is 0. The molecular weight excluding hydrogens is 326 g/mol. The lowest BCUT2D eigenvalue weighted by molar-refractivity contribution is -0.137. The summed E-state index contributed by atoms with van der Waals surface area (Å²) < 4.78 is 10.5. The van der Waals surface area contributed by atoms with Gasteiger partial charge in [-0.25, -0.2) is 0 Å². The molecule has 25 heavy (non-hydrogen) atoms. The van der Waals surface area contributed by atoms with Crippen molar-refractivity contribution < 1.29 is 24.2 Å². The molecule has 1 aliphatic rings. The molecule has 0 aliphatic carbocycles. The number of ether oxygens (including phenoxy) is 2. The van der Waals surface area contributed by atoms with Crippen molar-refractivity contribution in [2.45, 2.75) is 25.7 Å². The van der Waals surface area contributed by atoms with Crippen LogP contribution in [0.15, 0.2) is 30.0 Å². The van der Waals surface area contributed by atoms with Gasteiger partial charge in [0.2, 0.25) is 6.79 Å². The predicted molar refractivity (Wildman–Crippen MR) is 89.0 cm³/mol. The highest BCUT2D eigenvalue weighted by Crippen LogP contribution is 2.34. The van der Waals surface area contributed by atoms with Crippen molar-refractivity contribution in [1.29, 1.82) is 5.26 Å². The average molecular weight is 345 g/mol. The number of unbranched alkanes of at least 4 members (excludes halogenated alkanes) is 2. The molecule has 2 rings (SSSR count). The minimum atomic E-state index is -0.826. The number of nitrogens with one attached hydrogen (secondary N) is 2. The Bertz CT molecular complexity index is 709. The van der Waals surface area contributed by atoms with Crippen LogP contribution in [0.3, 0.4) is 0 Å². The van der Waals surface area contributed by atoms with Crippen LogP contribution in [-0.2, 0) is 9.59 Å². The van der Waals surface area contributed by atoms with E-state index in [1.807, 2.05) is 6.07 Å². The van der Waals surface area contributed by atoms with E-state index in [0.29, 0.717) is 43.0 Å². The lowest BCUT2D eigenvalue weighted by Gasteiger charge is -2.05. The van der Waals surface area contributed by atoms with Gasteiger partial charge in [0, 0.05) is 30.9 Å². The number of rotatable bonds is 9. The third-order valence-corrected chi connectivity index (χ3v) is 3.47. The molecule has 8 nitrogen and oxygen atoms in total. The van der Waals surface area contributed by atoms with Gasteiger partial charge in [0.1, 0.15) is 11.6 Å². The maximum atomic E-state index is 11.9. The number of carboxylic acids is 1. The third kappa shape index (κ3) is 5.73. The maximum Gasteiger partial charge on any atom is 0.303 e. The first-order valence-corrected chi connectivity index (χ1v) is 7.86. The smallest absolute Gasteiger partial charge is 0.303 e. The van der Waals surface area contributed by atoms with E-state index in [9.17, 15) is 9.59 Å². The molecule has 0 bridgehead atoms. The Balaban J connectivity index is 1.78. The monoisotopic (exact) mass is 345 g/mol. The number of amides is 1. The van der Waals surface area contributed by atoms with Crippen LogP contribution in [0.1, 0.15) is 25.7 Å². The molecule has 0 fully saturated rings. The van der Waals surface area contributed by atoms with E-state index >= 15 is 0 Å². The van der Waals surface area contributed by atoms with E-state index in [1.165, 1.54) is 6.20 Å². The summed E-state index contributed by atoms with van der Waals surface area (Å²) in [5.41, 5.74) is 0.613. The highest BCUT2D eigenvalue weighted by molar-refractivity contribution is 5.97. The van der Waals surface area contributed by atoms with Gasteiger partial charge >= 0.3 is 5.97 Å². The fourth-order valence-electron chi connectivity index (χ4n) is 2.17. The van der Waals surface area contributed by atoms with Crippen molar-refractivity contribution in [2.75, 3.05) is 18.7 Å². The van der Waals surface area contributed by atoms with E-state index in [-0.39, 0.29) is 18.8 Å². The number of aliphatic carboxylic acids is 1. The van der Waals surface area contributed by atoms with E-state index in [0.717, 1.165) is 0 Å². The maximum absolute atomic E-state index is 11.9. The normalized spacial score (nSPS) is 12.4. The Morgan fingerprint density at radius 1 is 1.24 bits per heavy atom. The highest BCUT2D eigenvalue weighted by atomic mass is 16.7. The van der Waals surface area contributed by atoms with Crippen molar-refractivity contribution in [2.24, 2.45) is 0 Å². The Hall–Kier alpha value is -3.21. The Labute approximate surface area is 145 Å². The zero-order valence-corrected chi connectivity index (χ0v) is 13.6. The zero-order chi connectivity index (χ0) is 18.1. The van der Waals surface area contributed by atoms with Gasteiger partial charge in [-0.1, -0.05) is 6.42 Å². The van der Waals surface area contributed by atoms with Gasteiger partial charge in [-0.3, -0.25) is 9.59 Å². The molecule has 0 spiro atoms. The Morgan fingerprint density at radius 2 is 2.04 bits per heavy atom. The molecule has 8 heteroatoms. The molecule has 0 atom stereocenters. The first-order valence-electron chi connectivity index (χ1n) is 7.86. The van der Waals surface area contributed by atoms with Crippen LogP contribution in [0.25, 0.3) is 0 Å². The van der Waals surface area contributed by atoms with Gasteiger partial charge in [0.25, 0.3) is 5.91 Å². The summed E-state index contributed by atoms with van der Waals surface area (Å²) in [4.78, 5) is 22.3. The quantitative estimate of drug-likeness (QED) is 0.355. The number of benzene rings is 1. The number of hydrogen-bond donors (Lipinski definition) is 3. The second-order valence-corrected chi connectivity index (χ2v) is 5.34. The van der Waals surface area contributed by atoms with E-state index < -0.39 is 11.9 Å². The van der Waals surface area contributed by atoms with E-state index in [1.54, 1.807) is 18.2 Å². The second-order valence-electron chi connectivity index (χ2n) is 5.34. The molecule has 0 saturated carbocycles. The average Bonchev–Trinajstić information content (AvgIpc) is 3.06. The highest BCUT2D eigenvalue weighted by Gasteiger charge is 2.13. The van der Waals surface area contributed by atoms with Crippen LogP contribution < -0.4 is 20.1 Å². The largest absolute Gasteiger partial charge is 0.481 e. The molecule has 1 aliphatic heterocycles. The summed E-state index contributed by atoms with van der Waals surface area (Å²) in [6.07, 6.45) is 3.38. The molecule has 0 saturated heterocycles. The van der Waals surface area contributed by atoms with Gasteiger partial charge in [-0.15, -0.1) is 0 Å². The summed E-state index contributed by atoms with van der Waals surface area (Å²) in [5.74, 6) is -0.0549.